The van der Waals surface area contributed by atoms with E-state index >= 15 is 0 Å². The molecule has 0 unspecified atom stereocenters. The molecule has 1 aliphatic heterocycles. The summed E-state index contributed by atoms with van der Waals surface area (Å²) in [7, 11) is 0. The van der Waals surface area contributed by atoms with E-state index in [9.17, 15) is 5.26 Å². The first kappa shape index (κ1) is 30.8. The molecular formula is C49H33N3O. The molecule has 7 aromatic carbocycles. The summed E-state index contributed by atoms with van der Waals surface area (Å²) in [5, 5.41) is 13.1. The molecule has 3 heterocycles. The topological polar surface area (TPSA) is 50.8 Å². The van der Waals surface area contributed by atoms with Gasteiger partial charge in [0.1, 0.15) is 11.5 Å². The van der Waals surface area contributed by atoms with Crippen molar-refractivity contribution in [1.29, 1.82) is 5.26 Å². The zero-order chi connectivity index (χ0) is 35.7. The molecule has 2 aromatic heterocycles. The second-order valence-electron chi connectivity index (χ2n) is 14.4. The van der Waals surface area contributed by atoms with Gasteiger partial charge in [0.25, 0.3) is 0 Å². The second kappa shape index (κ2) is 11.8. The van der Waals surface area contributed by atoms with Crippen LogP contribution in [0.2, 0.25) is 0 Å². The van der Waals surface area contributed by atoms with Gasteiger partial charge in [-0.05, 0) is 113 Å². The number of rotatable bonds is 4. The van der Waals surface area contributed by atoms with E-state index in [1.807, 2.05) is 36.5 Å². The van der Waals surface area contributed by atoms with Crippen molar-refractivity contribution in [2.45, 2.75) is 19.3 Å². The zero-order valence-electron chi connectivity index (χ0n) is 29.3. The molecule has 10 rings (SSSR count). The van der Waals surface area contributed by atoms with E-state index in [-0.39, 0.29) is 5.41 Å². The molecule has 0 saturated heterocycles. The highest BCUT2D eigenvalue weighted by Gasteiger charge is 2.35. The highest BCUT2D eigenvalue weighted by Crippen LogP contribution is 2.50. The molecule has 0 N–H and O–H groups in total. The predicted molar refractivity (Wildman–Crippen MR) is 216 cm³/mol. The van der Waals surface area contributed by atoms with Crippen LogP contribution in [-0.4, -0.2) is 9.55 Å². The van der Waals surface area contributed by atoms with Crippen molar-refractivity contribution in [3.63, 3.8) is 0 Å². The van der Waals surface area contributed by atoms with E-state index in [2.05, 4.69) is 152 Å². The maximum atomic E-state index is 9.76. The summed E-state index contributed by atoms with van der Waals surface area (Å²) < 4.78 is 8.87. The maximum absolute atomic E-state index is 9.76. The Kier molecular flexibility index (Phi) is 6.86. The van der Waals surface area contributed by atoms with Crippen LogP contribution in [0.3, 0.4) is 0 Å². The Morgan fingerprint density at radius 2 is 1.15 bits per heavy atom. The molecule has 0 amide bonds. The molecule has 0 fully saturated rings. The van der Waals surface area contributed by atoms with Crippen molar-refractivity contribution < 1.29 is 4.74 Å². The lowest BCUT2D eigenvalue weighted by Gasteiger charge is -2.35. The van der Waals surface area contributed by atoms with E-state index in [1.165, 1.54) is 0 Å². The van der Waals surface area contributed by atoms with Crippen LogP contribution in [0.4, 0.5) is 0 Å². The first-order chi connectivity index (χ1) is 25.9. The minimum Gasteiger partial charge on any atom is -0.457 e. The van der Waals surface area contributed by atoms with Gasteiger partial charge in [-0.25, -0.2) is 0 Å². The molecule has 4 nitrogen and oxygen atoms in total. The maximum Gasteiger partial charge on any atom is 0.131 e. The van der Waals surface area contributed by atoms with E-state index in [0.29, 0.717) is 5.56 Å². The number of nitriles is 1. The Morgan fingerprint density at radius 1 is 0.547 bits per heavy atom. The van der Waals surface area contributed by atoms with E-state index < -0.39 is 0 Å². The van der Waals surface area contributed by atoms with E-state index in [4.69, 9.17) is 9.72 Å². The lowest BCUT2D eigenvalue weighted by molar-refractivity contribution is 0.418. The van der Waals surface area contributed by atoms with Crippen LogP contribution >= 0.6 is 0 Å². The normalized spacial score (nSPS) is 13.0. The van der Waals surface area contributed by atoms with Crippen LogP contribution in [0.25, 0.3) is 71.8 Å². The van der Waals surface area contributed by atoms with E-state index in [1.54, 1.807) is 0 Å². The van der Waals surface area contributed by atoms with Crippen molar-refractivity contribution in [3.8, 4) is 56.6 Å². The monoisotopic (exact) mass is 679 g/mol. The minimum absolute atomic E-state index is 0.316. The fourth-order valence-electron chi connectivity index (χ4n) is 8.07. The van der Waals surface area contributed by atoms with Crippen molar-refractivity contribution in [2.75, 3.05) is 0 Å². The third-order valence-corrected chi connectivity index (χ3v) is 10.9. The zero-order valence-corrected chi connectivity index (χ0v) is 29.3. The van der Waals surface area contributed by atoms with Gasteiger partial charge in [-0.15, -0.1) is 0 Å². The number of benzene rings is 7. The highest BCUT2D eigenvalue weighted by atomic mass is 16.5. The number of nitrogens with zero attached hydrogens (tertiary/aromatic N) is 3. The largest absolute Gasteiger partial charge is 0.457 e. The van der Waals surface area contributed by atoms with Gasteiger partial charge in [0.2, 0.25) is 0 Å². The van der Waals surface area contributed by atoms with Crippen molar-refractivity contribution >= 4 is 32.7 Å². The Bertz CT molecular complexity index is 2970. The fourth-order valence-corrected chi connectivity index (χ4v) is 8.07. The molecule has 0 bridgehead atoms. The SMILES string of the molecule is CC1(C)c2cc(-c3cccc(-c4cnc5ccccc5c4)c3)ccc2Oc2ccc(-c3ccc4c(c3)c3cc(C#N)ccc3n4-c3ccccc3)cc21. The van der Waals surface area contributed by atoms with Crippen LogP contribution in [0, 0.1) is 11.3 Å². The van der Waals surface area contributed by atoms with Gasteiger partial charge in [-0.1, -0.05) is 86.6 Å². The average Bonchev–Trinajstić information content (AvgIpc) is 3.54. The van der Waals surface area contributed by atoms with Gasteiger partial charge in [0.05, 0.1) is 28.2 Å². The van der Waals surface area contributed by atoms with Crippen LogP contribution in [0.15, 0.2) is 164 Å². The van der Waals surface area contributed by atoms with E-state index in [0.717, 1.165) is 94.4 Å². The molecule has 0 radical (unpaired) electrons. The number of para-hydroxylation sites is 2. The summed E-state index contributed by atoms with van der Waals surface area (Å²) in [6.07, 6.45) is 1.96. The molecule has 0 atom stereocenters. The number of ether oxygens (including phenoxy) is 1. The number of hydrogen-bond donors (Lipinski definition) is 0. The summed E-state index contributed by atoms with van der Waals surface area (Å²) >= 11 is 0. The average molecular weight is 680 g/mol. The fraction of sp³-hybridized carbons (Fsp3) is 0.0612. The van der Waals surface area contributed by atoms with Gasteiger partial charge in [0, 0.05) is 50.1 Å². The van der Waals surface area contributed by atoms with Crippen molar-refractivity contribution in [1.82, 2.24) is 9.55 Å². The number of hydrogen-bond acceptors (Lipinski definition) is 3. The smallest absolute Gasteiger partial charge is 0.131 e. The summed E-state index contributed by atoms with van der Waals surface area (Å²) in [5.41, 5.74) is 13.7. The van der Waals surface area contributed by atoms with Crippen LogP contribution < -0.4 is 4.74 Å². The number of aromatic nitrogens is 2. The second-order valence-corrected chi connectivity index (χ2v) is 14.4. The number of pyridine rings is 1. The Morgan fingerprint density at radius 3 is 1.89 bits per heavy atom. The molecule has 0 aliphatic carbocycles. The van der Waals surface area contributed by atoms with Crippen LogP contribution in [-0.2, 0) is 5.41 Å². The summed E-state index contributed by atoms with van der Waals surface area (Å²) in [4.78, 5) is 4.71. The Labute approximate surface area is 307 Å². The first-order valence-electron chi connectivity index (χ1n) is 17.9. The molecule has 0 spiro atoms. The molecule has 53 heavy (non-hydrogen) atoms. The molecule has 0 saturated carbocycles. The van der Waals surface area contributed by atoms with Crippen LogP contribution in [0.1, 0.15) is 30.5 Å². The molecule has 250 valence electrons. The third kappa shape index (κ3) is 5.01. The van der Waals surface area contributed by atoms with Gasteiger partial charge in [-0.3, -0.25) is 4.98 Å². The molecule has 9 aromatic rings. The Hall–Kier alpha value is -6.96. The van der Waals surface area contributed by atoms with Gasteiger partial charge in [-0.2, -0.15) is 5.26 Å². The van der Waals surface area contributed by atoms with Gasteiger partial charge < -0.3 is 9.30 Å². The summed E-state index contributed by atoms with van der Waals surface area (Å²) in [5.74, 6) is 1.77. The summed E-state index contributed by atoms with van der Waals surface area (Å²) in [6.45, 7) is 4.58. The summed E-state index contributed by atoms with van der Waals surface area (Å²) in [6, 6.07) is 57.6. The van der Waals surface area contributed by atoms with Crippen molar-refractivity contribution in [3.05, 3.63) is 181 Å². The lowest BCUT2D eigenvalue weighted by atomic mass is 9.74. The molecular weight excluding hydrogens is 647 g/mol. The quantitative estimate of drug-likeness (QED) is 0.186. The lowest BCUT2D eigenvalue weighted by Crippen LogP contribution is -2.24. The molecule has 1 aliphatic rings. The predicted octanol–water partition coefficient (Wildman–Crippen LogP) is 12.6. The Balaban J connectivity index is 1.04. The van der Waals surface area contributed by atoms with Crippen LogP contribution in [0.5, 0.6) is 11.5 Å². The van der Waals surface area contributed by atoms with Gasteiger partial charge >= 0.3 is 0 Å². The van der Waals surface area contributed by atoms with Gasteiger partial charge in [0.15, 0.2) is 0 Å². The molecule has 4 heteroatoms. The third-order valence-electron chi connectivity index (χ3n) is 10.9. The highest BCUT2D eigenvalue weighted by molar-refractivity contribution is 6.11. The van der Waals surface area contributed by atoms with Crippen molar-refractivity contribution in [2.24, 2.45) is 0 Å². The minimum atomic E-state index is -0.316. The standard InChI is InChI=1S/C49H33N3O/c1-49(2)42-27-35(32-10-8-11-33(24-32)38-25-37-9-6-7-14-44(37)51-30-38)17-21-47(42)53-48-22-18-36(28-43(48)49)34-16-20-46-41(26-34)40-23-31(29-50)15-19-45(40)52(46)39-12-4-3-5-13-39/h3-28,30H,1-2H3. The number of fused-ring (bicyclic) bond motifs is 6. The first-order valence-corrected chi connectivity index (χ1v) is 17.9.